The van der Waals surface area contributed by atoms with Crippen LogP contribution in [0.2, 0.25) is 4.34 Å². The second kappa shape index (κ2) is 9.71. The Morgan fingerprint density at radius 1 is 1.21 bits per heavy atom. The minimum atomic E-state index is -0.173. The number of rotatable bonds is 8. The predicted molar refractivity (Wildman–Crippen MR) is 103 cm³/mol. The largest absolute Gasteiger partial charge is 0.352 e. The molecule has 0 saturated carbocycles. The number of hydrogen-bond acceptors (Lipinski definition) is 4. The van der Waals surface area contributed by atoms with E-state index in [0.717, 1.165) is 21.4 Å². The van der Waals surface area contributed by atoms with Gasteiger partial charge in [0.1, 0.15) is 0 Å². The molecule has 0 radical (unpaired) electrons. The van der Waals surface area contributed by atoms with Crippen molar-refractivity contribution in [1.82, 2.24) is 5.32 Å². The number of carbonyl (C=O) groups is 2. The summed E-state index contributed by atoms with van der Waals surface area (Å²) in [5.41, 5.74) is 1.02. The van der Waals surface area contributed by atoms with Crippen molar-refractivity contribution in [2.75, 3.05) is 17.6 Å². The molecule has 4 nitrogen and oxygen atoms in total. The number of carbonyl (C=O) groups excluding carboxylic acids is 2. The highest BCUT2D eigenvalue weighted by Gasteiger charge is 2.12. The van der Waals surface area contributed by atoms with Gasteiger partial charge in [0, 0.05) is 17.2 Å². The zero-order valence-electron chi connectivity index (χ0n) is 13.3. The number of anilines is 1. The fraction of sp³-hybridized carbons (Fsp3) is 0.294. The SMILES string of the molecule is CCCNC(=O)c1ccccc1NC(=O)CSCc1ccc(Cl)s1. The van der Waals surface area contributed by atoms with Gasteiger partial charge in [-0.15, -0.1) is 23.1 Å². The Kier molecular flexibility index (Phi) is 7.62. The van der Waals surface area contributed by atoms with Crippen LogP contribution in [0.3, 0.4) is 0 Å². The van der Waals surface area contributed by atoms with Crippen molar-refractivity contribution >= 4 is 52.2 Å². The summed E-state index contributed by atoms with van der Waals surface area (Å²) in [6.45, 7) is 2.60. The molecule has 7 heteroatoms. The van der Waals surface area contributed by atoms with Crippen LogP contribution in [0.25, 0.3) is 0 Å². The van der Waals surface area contributed by atoms with E-state index < -0.39 is 0 Å². The van der Waals surface area contributed by atoms with Crippen LogP contribution in [0, 0.1) is 0 Å². The Morgan fingerprint density at radius 3 is 2.71 bits per heavy atom. The summed E-state index contributed by atoms with van der Waals surface area (Å²) < 4.78 is 0.752. The van der Waals surface area contributed by atoms with Gasteiger partial charge < -0.3 is 10.6 Å². The Hall–Kier alpha value is -1.50. The molecule has 2 amide bonds. The molecule has 128 valence electrons. The summed E-state index contributed by atoms with van der Waals surface area (Å²) in [6.07, 6.45) is 0.865. The zero-order chi connectivity index (χ0) is 17.4. The summed E-state index contributed by atoms with van der Waals surface area (Å²) in [4.78, 5) is 25.4. The van der Waals surface area contributed by atoms with E-state index in [1.807, 2.05) is 19.1 Å². The smallest absolute Gasteiger partial charge is 0.253 e. The van der Waals surface area contributed by atoms with Crippen molar-refractivity contribution < 1.29 is 9.59 Å². The molecule has 0 unspecified atom stereocenters. The van der Waals surface area contributed by atoms with E-state index in [2.05, 4.69) is 10.6 Å². The Morgan fingerprint density at radius 2 is 2.00 bits per heavy atom. The molecule has 0 aliphatic rings. The van der Waals surface area contributed by atoms with Gasteiger partial charge in [-0.05, 0) is 30.7 Å². The van der Waals surface area contributed by atoms with E-state index in [1.165, 1.54) is 23.1 Å². The van der Waals surface area contributed by atoms with Crippen LogP contribution in [0.4, 0.5) is 5.69 Å². The quantitative estimate of drug-likeness (QED) is 0.710. The molecule has 0 saturated heterocycles. The average Bonchev–Trinajstić information content (AvgIpc) is 2.98. The molecule has 1 aromatic carbocycles. The third-order valence-corrected chi connectivity index (χ3v) is 5.48. The first-order valence-electron chi connectivity index (χ1n) is 7.59. The van der Waals surface area contributed by atoms with Crippen LogP contribution >= 0.6 is 34.7 Å². The lowest BCUT2D eigenvalue weighted by Gasteiger charge is -2.11. The second-order valence-electron chi connectivity index (χ2n) is 5.05. The number of benzene rings is 1. The first-order valence-corrected chi connectivity index (χ1v) is 9.94. The molecule has 2 aromatic rings. The van der Waals surface area contributed by atoms with Crippen molar-refractivity contribution in [3.63, 3.8) is 0 Å². The Balaban J connectivity index is 1.88. The number of thioether (sulfide) groups is 1. The minimum Gasteiger partial charge on any atom is -0.352 e. The maximum atomic E-state index is 12.1. The van der Waals surface area contributed by atoms with E-state index >= 15 is 0 Å². The van der Waals surface area contributed by atoms with Crippen LogP contribution < -0.4 is 10.6 Å². The van der Waals surface area contributed by atoms with Gasteiger partial charge in [-0.1, -0.05) is 30.7 Å². The van der Waals surface area contributed by atoms with E-state index in [-0.39, 0.29) is 11.8 Å². The molecule has 1 heterocycles. The van der Waals surface area contributed by atoms with Gasteiger partial charge in [0.15, 0.2) is 0 Å². The topological polar surface area (TPSA) is 58.2 Å². The number of hydrogen-bond donors (Lipinski definition) is 2. The highest BCUT2D eigenvalue weighted by Crippen LogP contribution is 2.25. The third kappa shape index (κ3) is 5.85. The first kappa shape index (κ1) is 18.8. The zero-order valence-corrected chi connectivity index (χ0v) is 15.7. The number of halogens is 1. The van der Waals surface area contributed by atoms with Gasteiger partial charge in [0.05, 0.1) is 21.3 Å². The van der Waals surface area contributed by atoms with Crippen molar-refractivity contribution in [2.45, 2.75) is 19.1 Å². The molecule has 1 aromatic heterocycles. The molecule has 2 N–H and O–H groups in total. The van der Waals surface area contributed by atoms with Crippen molar-refractivity contribution in [2.24, 2.45) is 0 Å². The maximum absolute atomic E-state index is 12.1. The van der Waals surface area contributed by atoms with Gasteiger partial charge in [-0.25, -0.2) is 0 Å². The highest BCUT2D eigenvalue weighted by molar-refractivity contribution is 7.99. The van der Waals surface area contributed by atoms with Gasteiger partial charge in [-0.2, -0.15) is 0 Å². The van der Waals surface area contributed by atoms with E-state index in [9.17, 15) is 9.59 Å². The molecule has 0 fully saturated rings. The van der Waals surface area contributed by atoms with Crippen molar-refractivity contribution in [1.29, 1.82) is 0 Å². The number of nitrogens with one attached hydrogen (secondary N) is 2. The molecule has 2 rings (SSSR count). The van der Waals surface area contributed by atoms with Gasteiger partial charge in [0.25, 0.3) is 5.91 Å². The van der Waals surface area contributed by atoms with Crippen molar-refractivity contribution in [3.8, 4) is 0 Å². The van der Waals surface area contributed by atoms with Gasteiger partial charge in [0.2, 0.25) is 5.91 Å². The summed E-state index contributed by atoms with van der Waals surface area (Å²) in [6, 6.07) is 10.8. The first-order chi connectivity index (χ1) is 11.6. The number of amides is 2. The minimum absolute atomic E-state index is 0.126. The van der Waals surface area contributed by atoms with Crippen molar-refractivity contribution in [3.05, 3.63) is 51.2 Å². The molecular weight excluding hydrogens is 364 g/mol. The summed E-state index contributed by atoms with van der Waals surface area (Å²) >= 11 is 8.92. The van der Waals surface area contributed by atoms with Crippen LogP contribution in [0.5, 0.6) is 0 Å². The number of para-hydroxylation sites is 1. The lowest BCUT2D eigenvalue weighted by Crippen LogP contribution is -2.26. The molecule has 0 spiro atoms. The maximum Gasteiger partial charge on any atom is 0.253 e. The van der Waals surface area contributed by atoms with Crippen LogP contribution in [-0.4, -0.2) is 24.1 Å². The lowest BCUT2D eigenvalue weighted by molar-refractivity contribution is -0.113. The monoisotopic (exact) mass is 382 g/mol. The van der Waals surface area contributed by atoms with E-state index in [0.29, 0.717) is 23.5 Å². The van der Waals surface area contributed by atoms with E-state index in [1.54, 1.807) is 24.3 Å². The molecule has 0 aliphatic heterocycles. The molecule has 0 aliphatic carbocycles. The standard InChI is InChI=1S/C17H19ClN2O2S2/c1-2-9-19-17(22)13-5-3-4-6-14(13)20-16(21)11-23-10-12-7-8-15(18)24-12/h3-8H,2,9-11H2,1H3,(H,19,22)(H,20,21). The Bertz CT molecular complexity index is 703. The molecular formula is C17H19ClN2O2S2. The fourth-order valence-electron chi connectivity index (χ4n) is 1.98. The van der Waals surface area contributed by atoms with E-state index in [4.69, 9.17) is 11.6 Å². The summed E-state index contributed by atoms with van der Waals surface area (Å²) in [5.74, 6) is 0.760. The normalized spacial score (nSPS) is 10.4. The van der Waals surface area contributed by atoms with Gasteiger partial charge in [-0.3, -0.25) is 9.59 Å². The fourth-order valence-corrected chi connectivity index (χ4v) is 4.01. The van der Waals surface area contributed by atoms with Crippen LogP contribution in [-0.2, 0) is 10.5 Å². The van der Waals surface area contributed by atoms with Crippen LogP contribution in [0.15, 0.2) is 36.4 Å². The lowest BCUT2D eigenvalue weighted by atomic mass is 10.1. The molecule has 0 bridgehead atoms. The second-order valence-corrected chi connectivity index (χ2v) is 7.83. The predicted octanol–water partition coefficient (Wildman–Crippen LogP) is 4.41. The van der Waals surface area contributed by atoms with Gasteiger partial charge >= 0.3 is 0 Å². The third-order valence-electron chi connectivity index (χ3n) is 3.09. The molecule has 24 heavy (non-hydrogen) atoms. The average molecular weight is 383 g/mol. The summed E-state index contributed by atoms with van der Waals surface area (Å²) in [5, 5.41) is 5.64. The van der Waals surface area contributed by atoms with Crippen LogP contribution in [0.1, 0.15) is 28.6 Å². The number of thiophene rings is 1. The Labute approximate surface area is 155 Å². The highest BCUT2D eigenvalue weighted by atomic mass is 35.5. The summed E-state index contributed by atoms with van der Waals surface area (Å²) in [7, 11) is 0. The molecule has 0 atom stereocenters.